The molecule has 1 saturated carbocycles. The van der Waals surface area contributed by atoms with E-state index in [1.807, 2.05) is 0 Å². The van der Waals surface area contributed by atoms with Crippen molar-refractivity contribution in [1.82, 2.24) is 0 Å². The van der Waals surface area contributed by atoms with Crippen molar-refractivity contribution in [2.45, 2.75) is 46.1 Å². The van der Waals surface area contributed by atoms with Gasteiger partial charge in [0.25, 0.3) is 0 Å². The summed E-state index contributed by atoms with van der Waals surface area (Å²) in [5.74, 6) is 0.926. The molecule has 1 fully saturated rings. The van der Waals surface area contributed by atoms with Crippen molar-refractivity contribution in [3.05, 3.63) is 29.3 Å². The van der Waals surface area contributed by atoms with Crippen LogP contribution in [0.4, 0.5) is 5.69 Å². The Balaban J connectivity index is 2.17. The molecular weight excluding hydrogens is 220 g/mol. The second-order valence-corrected chi connectivity index (χ2v) is 5.85. The Kier molecular flexibility index (Phi) is 4.28. The Labute approximate surface area is 111 Å². The van der Waals surface area contributed by atoms with Gasteiger partial charge in [-0.2, -0.15) is 0 Å². The fourth-order valence-electron chi connectivity index (χ4n) is 2.53. The lowest BCUT2D eigenvalue weighted by atomic mass is 10.1. The van der Waals surface area contributed by atoms with Crippen LogP contribution in [0.5, 0.6) is 0 Å². The third-order valence-electron chi connectivity index (χ3n) is 3.78. The van der Waals surface area contributed by atoms with Crippen LogP contribution in [-0.2, 0) is 6.42 Å². The Bertz CT molecular complexity index is 394. The summed E-state index contributed by atoms with van der Waals surface area (Å²) in [6, 6.07) is 7.38. The molecule has 100 valence electrons. The topological polar surface area (TPSA) is 29.3 Å². The monoisotopic (exact) mass is 246 g/mol. The van der Waals surface area contributed by atoms with Crippen LogP contribution in [0.25, 0.3) is 0 Å². The summed E-state index contributed by atoms with van der Waals surface area (Å²) >= 11 is 0. The molecule has 0 unspecified atom stereocenters. The molecule has 2 heteroatoms. The minimum atomic E-state index is 0.574. The summed E-state index contributed by atoms with van der Waals surface area (Å²) < 4.78 is 0. The zero-order valence-corrected chi connectivity index (χ0v) is 11.9. The van der Waals surface area contributed by atoms with Crippen molar-refractivity contribution >= 4 is 5.69 Å². The van der Waals surface area contributed by atoms with Gasteiger partial charge in [0.2, 0.25) is 0 Å². The summed E-state index contributed by atoms with van der Waals surface area (Å²) in [7, 11) is 0. The zero-order chi connectivity index (χ0) is 13.1. The number of rotatable bonds is 6. The number of anilines is 1. The Morgan fingerprint density at radius 1 is 1.33 bits per heavy atom. The van der Waals surface area contributed by atoms with E-state index in [0.717, 1.165) is 18.9 Å². The normalized spacial score (nSPS) is 15.2. The van der Waals surface area contributed by atoms with E-state index in [4.69, 9.17) is 5.73 Å². The van der Waals surface area contributed by atoms with E-state index >= 15 is 0 Å². The highest BCUT2D eigenvalue weighted by atomic mass is 15.2. The molecule has 0 bridgehead atoms. The molecule has 18 heavy (non-hydrogen) atoms. The van der Waals surface area contributed by atoms with Crippen molar-refractivity contribution in [2.75, 3.05) is 18.0 Å². The van der Waals surface area contributed by atoms with Crippen molar-refractivity contribution in [3.8, 4) is 0 Å². The molecular formula is C16H26N2. The van der Waals surface area contributed by atoms with Gasteiger partial charge in [0.05, 0.1) is 0 Å². The van der Waals surface area contributed by atoms with Gasteiger partial charge >= 0.3 is 0 Å². The van der Waals surface area contributed by atoms with E-state index in [1.165, 1.54) is 36.2 Å². The molecule has 0 aromatic heterocycles. The molecule has 1 aliphatic carbocycles. The smallest absolute Gasteiger partial charge is 0.0398 e. The van der Waals surface area contributed by atoms with Gasteiger partial charge in [0, 0.05) is 18.3 Å². The van der Waals surface area contributed by atoms with Crippen molar-refractivity contribution in [1.29, 1.82) is 0 Å². The fraction of sp³-hybridized carbons (Fsp3) is 0.625. The number of hydrogen-bond donors (Lipinski definition) is 1. The second-order valence-electron chi connectivity index (χ2n) is 5.85. The van der Waals surface area contributed by atoms with E-state index in [1.54, 1.807) is 0 Å². The van der Waals surface area contributed by atoms with E-state index in [9.17, 15) is 0 Å². The van der Waals surface area contributed by atoms with Crippen LogP contribution in [0.1, 0.15) is 37.8 Å². The lowest BCUT2D eigenvalue weighted by molar-refractivity contribution is 0.643. The third kappa shape index (κ3) is 3.26. The third-order valence-corrected chi connectivity index (χ3v) is 3.78. The Morgan fingerprint density at radius 2 is 2.06 bits per heavy atom. The number of hydrogen-bond acceptors (Lipinski definition) is 2. The van der Waals surface area contributed by atoms with Crippen LogP contribution in [0.3, 0.4) is 0 Å². The maximum Gasteiger partial charge on any atom is 0.0398 e. The van der Waals surface area contributed by atoms with Gasteiger partial charge in [-0.15, -0.1) is 0 Å². The molecule has 0 amide bonds. The molecule has 0 heterocycles. The quantitative estimate of drug-likeness (QED) is 0.835. The maximum atomic E-state index is 5.62. The Morgan fingerprint density at radius 3 is 2.56 bits per heavy atom. The fourth-order valence-corrected chi connectivity index (χ4v) is 2.53. The van der Waals surface area contributed by atoms with Crippen LogP contribution >= 0.6 is 0 Å². The average Bonchev–Trinajstić information content (AvgIpc) is 3.11. The van der Waals surface area contributed by atoms with Gasteiger partial charge in [-0.05, 0) is 69.7 Å². The predicted octanol–water partition coefficient (Wildman–Crippen LogP) is 3.12. The standard InChI is InChI=1S/C16H26N2/c1-12(2)18(11-15-4-5-15)16-7-6-14(8-9-17)10-13(16)3/h6-7,10,12,15H,4-5,8-9,11,17H2,1-3H3. The first-order valence-electron chi connectivity index (χ1n) is 7.18. The number of aryl methyl sites for hydroxylation is 1. The molecule has 0 spiro atoms. The minimum Gasteiger partial charge on any atom is -0.369 e. The Hall–Kier alpha value is -1.02. The predicted molar refractivity (Wildman–Crippen MR) is 79.1 cm³/mol. The minimum absolute atomic E-state index is 0.574. The average molecular weight is 246 g/mol. The van der Waals surface area contributed by atoms with Gasteiger partial charge in [-0.25, -0.2) is 0 Å². The van der Waals surface area contributed by atoms with Gasteiger partial charge in [0.1, 0.15) is 0 Å². The molecule has 0 radical (unpaired) electrons. The van der Waals surface area contributed by atoms with E-state index in [0.29, 0.717) is 6.04 Å². The molecule has 0 aliphatic heterocycles. The molecule has 0 atom stereocenters. The summed E-state index contributed by atoms with van der Waals surface area (Å²) in [6.45, 7) is 8.74. The van der Waals surface area contributed by atoms with Crippen molar-refractivity contribution in [3.63, 3.8) is 0 Å². The summed E-state index contributed by atoms with van der Waals surface area (Å²) in [4.78, 5) is 2.55. The highest BCUT2D eigenvalue weighted by Gasteiger charge is 2.26. The maximum absolute atomic E-state index is 5.62. The lowest BCUT2D eigenvalue weighted by Crippen LogP contribution is -2.33. The largest absolute Gasteiger partial charge is 0.369 e. The van der Waals surface area contributed by atoms with Crippen molar-refractivity contribution in [2.24, 2.45) is 11.7 Å². The molecule has 1 aromatic carbocycles. The molecule has 2 rings (SSSR count). The molecule has 2 N–H and O–H groups in total. The highest BCUT2D eigenvalue weighted by molar-refractivity contribution is 5.55. The van der Waals surface area contributed by atoms with Crippen LogP contribution in [0.15, 0.2) is 18.2 Å². The van der Waals surface area contributed by atoms with Crippen LogP contribution in [0.2, 0.25) is 0 Å². The number of nitrogens with two attached hydrogens (primary N) is 1. The van der Waals surface area contributed by atoms with Crippen LogP contribution in [-0.4, -0.2) is 19.1 Å². The van der Waals surface area contributed by atoms with Gasteiger partial charge in [0.15, 0.2) is 0 Å². The molecule has 0 saturated heterocycles. The van der Waals surface area contributed by atoms with Crippen LogP contribution < -0.4 is 10.6 Å². The molecule has 2 nitrogen and oxygen atoms in total. The van der Waals surface area contributed by atoms with E-state index in [-0.39, 0.29) is 0 Å². The zero-order valence-electron chi connectivity index (χ0n) is 11.9. The first-order chi connectivity index (χ1) is 8.61. The van der Waals surface area contributed by atoms with Gasteiger partial charge < -0.3 is 10.6 Å². The SMILES string of the molecule is Cc1cc(CCN)ccc1N(CC1CC1)C(C)C. The van der Waals surface area contributed by atoms with Crippen LogP contribution in [0, 0.1) is 12.8 Å². The molecule has 1 aliphatic rings. The van der Waals surface area contributed by atoms with E-state index < -0.39 is 0 Å². The second kappa shape index (κ2) is 5.75. The van der Waals surface area contributed by atoms with Gasteiger partial charge in [-0.1, -0.05) is 12.1 Å². The summed E-state index contributed by atoms with van der Waals surface area (Å²) in [6.07, 6.45) is 3.80. The summed E-state index contributed by atoms with van der Waals surface area (Å²) in [5.41, 5.74) is 9.76. The molecule has 1 aromatic rings. The van der Waals surface area contributed by atoms with Crippen molar-refractivity contribution < 1.29 is 0 Å². The summed E-state index contributed by atoms with van der Waals surface area (Å²) in [5, 5.41) is 0. The number of benzene rings is 1. The van der Waals surface area contributed by atoms with Gasteiger partial charge in [-0.3, -0.25) is 0 Å². The lowest BCUT2D eigenvalue weighted by Gasteiger charge is -2.31. The first kappa shape index (κ1) is 13.4. The highest BCUT2D eigenvalue weighted by Crippen LogP contribution is 2.33. The number of nitrogens with zero attached hydrogens (tertiary/aromatic N) is 1. The van der Waals surface area contributed by atoms with E-state index in [2.05, 4.69) is 43.9 Å². The first-order valence-corrected chi connectivity index (χ1v) is 7.18.